The predicted octanol–water partition coefficient (Wildman–Crippen LogP) is 6.34. The molecule has 2 heteroatoms. The topological polar surface area (TPSA) is 15.6 Å². The molecule has 0 saturated carbocycles. The fraction of sp³-hybridized carbons (Fsp3) is 0.542. The van der Waals surface area contributed by atoms with Crippen molar-refractivity contribution in [2.45, 2.75) is 67.3 Å². The highest BCUT2D eigenvalue weighted by Gasteiger charge is 2.09. The van der Waals surface area contributed by atoms with Crippen molar-refractivity contribution in [3.8, 4) is 0 Å². The van der Waals surface area contributed by atoms with Crippen LogP contribution in [0.1, 0.15) is 64.7 Å². The van der Waals surface area contributed by atoms with Crippen molar-refractivity contribution in [1.29, 1.82) is 0 Å². The number of aliphatic imine (C=N–C) groups is 1. The Kier molecular flexibility index (Phi) is 13.6. The van der Waals surface area contributed by atoms with Crippen LogP contribution >= 0.6 is 0 Å². The van der Waals surface area contributed by atoms with Gasteiger partial charge >= 0.3 is 0 Å². The number of hydrogen-bond donors (Lipinski definition) is 0. The molecule has 1 rings (SSSR count). The van der Waals surface area contributed by atoms with Crippen LogP contribution in [0.4, 0.5) is 0 Å². The minimum Gasteiger partial charge on any atom is -0.301 e. The highest BCUT2D eigenvalue weighted by molar-refractivity contribution is 5.88. The molecule has 0 aliphatic carbocycles. The van der Waals surface area contributed by atoms with Gasteiger partial charge in [-0.25, -0.2) is 0 Å². The van der Waals surface area contributed by atoms with E-state index in [9.17, 15) is 0 Å². The molecule has 0 atom stereocenters. The van der Waals surface area contributed by atoms with Crippen molar-refractivity contribution >= 4 is 11.8 Å². The Balaban J connectivity index is 0.00000194. The van der Waals surface area contributed by atoms with Crippen LogP contribution in [0.15, 0.2) is 41.9 Å². The summed E-state index contributed by atoms with van der Waals surface area (Å²) in [7, 11) is 0. The molecule has 0 aliphatic rings. The molecule has 2 nitrogen and oxygen atoms in total. The molecule has 0 unspecified atom stereocenters. The molecule has 0 bridgehead atoms. The molecule has 0 aliphatic heterocycles. The van der Waals surface area contributed by atoms with Gasteiger partial charge in [0.05, 0.1) is 0 Å². The second-order valence-corrected chi connectivity index (χ2v) is 6.79. The molecule has 1 aromatic rings. The summed E-state index contributed by atoms with van der Waals surface area (Å²) in [6, 6.07) is 7.28. The van der Waals surface area contributed by atoms with Gasteiger partial charge in [0.15, 0.2) is 0 Å². The van der Waals surface area contributed by atoms with Crippen molar-refractivity contribution in [1.82, 2.24) is 4.90 Å². The summed E-state index contributed by atoms with van der Waals surface area (Å²) in [6.45, 7) is 22.2. The zero-order chi connectivity index (χ0) is 19.9. The number of hydrogen-bond acceptors (Lipinski definition) is 2. The summed E-state index contributed by atoms with van der Waals surface area (Å²) in [6.07, 6.45) is 8.15. The van der Waals surface area contributed by atoms with Crippen molar-refractivity contribution < 1.29 is 0 Å². The summed E-state index contributed by atoms with van der Waals surface area (Å²) in [4.78, 5) is 6.76. The Morgan fingerprint density at radius 1 is 1.19 bits per heavy atom. The third kappa shape index (κ3) is 9.15. The Labute approximate surface area is 162 Å². The van der Waals surface area contributed by atoms with Gasteiger partial charge in [-0.3, -0.25) is 4.99 Å². The van der Waals surface area contributed by atoms with E-state index in [1.165, 1.54) is 23.1 Å². The fourth-order valence-electron chi connectivity index (χ4n) is 2.69. The third-order valence-corrected chi connectivity index (χ3v) is 4.25. The van der Waals surface area contributed by atoms with Gasteiger partial charge in [0.25, 0.3) is 0 Å². The number of likely N-dealkylation sites (N-methyl/N-ethyl adjacent to an activating group) is 1. The average Bonchev–Trinajstić information content (AvgIpc) is 2.61. The first-order valence-electron chi connectivity index (χ1n) is 10.1. The molecule has 0 radical (unpaired) electrons. The molecule has 26 heavy (non-hydrogen) atoms. The van der Waals surface area contributed by atoms with Crippen molar-refractivity contribution in [2.75, 3.05) is 19.6 Å². The van der Waals surface area contributed by atoms with E-state index in [-0.39, 0.29) is 0 Å². The molecule has 146 valence electrons. The number of aryl methyl sites for hydroxylation is 1. The van der Waals surface area contributed by atoms with Crippen molar-refractivity contribution in [2.24, 2.45) is 4.99 Å². The molecule has 0 N–H and O–H groups in total. The van der Waals surface area contributed by atoms with E-state index in [4.69, 9.17) is 0 Å². The van der Waals surface area contributed by atoms with Crippen LogP contribution in [0.2, 0.25) is 0 Å². The molecule has 0 fully saturated rings. The molecule has 0 aromatic heterocycles. The standard InChI is InChI=1S/C21H32N2.C3H8/c1-7-19(12-14-22-8-2)21-11-10-18(6)20(16-21)13-15-23(9-3)17(4)5;1-3-2/h7,10-12,14,16-17H,1,8-9,13,15H2,2-6H3;3H2,1-2H3/b19-12+,22-14?;. The van der Waals surface area contributed by atoms with Crippen LogP contribution in [0, 0.1) is 6.92 Å². The highest BCUT2D eigenvalue weighted by atomic mass is 15.1. The number of allylic oxidation sites excluding steroid dienone is 3. The summed E-state index contributed by atoms with van der Waals surface area (Å²) < 4.78 is 0. The lowest BCUT2D eigenvalue weighted by Crippen LogP contribution is -2.32. The van der Waals surface area contributed by atoms with Gasteiger partial charge in [-0.15, -0.1) is 0 Å². The van der Waals surface area contributed by atoms with Crippen LogP contribution < -0.4 is 0 Å². The van der Waals surface area contributed by atoms with E-state index in [1.807, 2.05) is 25.3 Å². The molecular weight excluding hydrogens is 316 g/mol. The molecule has 0 spiro atoms. The predicted molar refractivity (Wildman–Crippen MR) is 120 cm³/mol. The maximum Gasteiger partial charge on any atom is 0.0360 e. The summed E-state index contributed by atoms with van der Waals surface area (Å²) in [5.74, 6) is 0. The van der Waals surface area contributed by atoms with Gasteiger partial charge in [-0.1, -0.05) is 58.0 Å². The molecule has 1 aromatic carbocycles. The van der Waals surface area contributed by atoms with Crippen LogP contribution in [-0.4, -0.2) is 36.8 Å². The summed E-state index contributed by atoms with van der Waals surface area (Å²) in [5, 5.41) is 0. The maximum absolute atomic E-state index is 4.26. The van der Waals surface area contributed by atoms with Crippen molar-refractivity contribution in [3.05, 3.63) is 53.6 Å². The van der Waals surface area contributed by atoms with Crippen LogP contribution in [-0.2, 0) is 6.42 Å². The number of benzene rings is 1. The van der Waals surface area contributed by atoms with E-state index in [2.05, 4.69) is 76.2 Å². The first kappa shape index (κ1) is 24.3. The SMILES string of the molecule is C=C/C(=C\C=NCC)c1ccc(C)c(CCN(CC)C(C)C)c1.CCC. The van der Waals surface area contributed by atoms with E-state index < -0.39 is 0 Å². The first-order chi connectivity index (χ1) is 12.4. The largest absolute Gasteiger partial charge is 0.301 e. The fourth-order valence-corrected chi connectivity index (χ4v) is 2.69. The second-order valence-electron chi connectivity index (χ2n) is 6.79. The quantitative estimate of drug-likeness (QED) is 0.372. The summed E-state index contributed by atoms with van der Waals surface area (Å²) in [5.41, 5.74) is 5.12. The Morgan fingerprint density at radius 2 is 1.85 bits per heavy atom. The maximum atomic E-state index is 4.26. The minimum absolute atomic E-state index is 0.595. The lowest BCUT2D eigenvalue weighted by molar-refractivity contribution is 0.236. The monoisotopic (exact) mass is 356 g/mol. The normalized spacial score (nSPS) is 11.8. The number of nitrogens with zero attached hydrogens (tertiary/aromatic N) is 2. The first-order valence-corrected chi connectivity index (χ1v) is 10.1. The van der Waals surface area contributed by atoms with Crippen LogP contribution in [0.3, 0.4) is 0 Å². The summed E-state index contributed by atoms with van der Waals surface area (Å²) >= 11 is 0. The van der Waals surface area contributed by atoms with Gasteiger partial charge in [-0.05, 0) is 69.0 Å². The van der Waals surface area contributed by atoms with Crippen LogP contribution in [0.5, 0.6) is 0 Å². The van der Waals surface area contributed by atoms with E-state index in [0.29, 0.717) is 6.04 Å². The Morgan fingerprint density at radius 3 is 2.35 bits per heavy atom. The van der Waals surface area contributed by atoms with Gasteiger partial charge < -0.3 is 4.90 Å². The smallest absolute Gasteiger partial charge is 0.0360 e. The number of rotatable bonds is 9. The third-order valence-electron chi connectivity index (χ3n) is 4.25. The lowest BCUT2D eigenvalue weighted by Gasteiger charge is -2.25. The Bertz CT molecular complexity index is 568. The molecule has 0 heterocycles. The molecular formula is C24H40N2. The molecule has 0 amide bonds. The van der Waals surface area contributed by atoms with E-state index >= 15 is 0 Å². The highest BCUT2D eigenvalue weighted by Crippen LogP contribution is 2.20. The second kappa shape index (κ2) is 14.5. The average molecular weight is 357 g/mol. The van der Waals surface area contributed by atoms with E-state index in [0.717, 1.165) is 31.6 Å². The minimum atomic E-state index is 0.595. The van der Waals surface area contributed by atoms with Gasteiger partial charge in [0, 0.05) is 25.3 Å². The Hall–Kier alpha value is -1.67. The lowest BCUT2D eigenvalue weighted by atomic mass is 9.97. The van der Waals surface area contributed by atoms with E-state index in [1.54, 1.807) is 0 Å². The van der Waals surface area contributed by atoms with Crippen LogP contribution in [0.25, 0.3) is 5.57 Å². The zero-order valence-corrected chi connectivity index (χ0v) is 18.2. The van der Waals surface area contributed by atoms with Gasteiger partial charge in [0.2, 0.25) is 0 Å². The van der Waals surface area contributed by atoms with Gasteiger partial charge in [0.1, 0.15) is 0 Å². The van der Waals surface area contributed by atoms with Gasteiger partial charge in [-0.2, -0.15) is 0 Å². The van der Waals surface area contributed by atoms with Crippen molar-refractivity contribution in [3.63, 3.8) is 0 Å². The molecule has 0 saturated heterocycles. The zero-order valence-electron chi connectivity index (χ0n) is 18.2.